The lowest BCUT2D eigenvalue weighted by Gasteiger charge is -2.23. The number of rotatable bonds is 9. The average Bonchev–Trinajstić information content (AvgIpc) is 2.83. The number of hydrogen-bond acceptors (Lipinski definition) is 7. The quantitative estimate of drug-likeness (QED) is 0.247. The summed E-state index contributed by atoms with van der Waals surface area (Å²) in [6.07, 6.45) is 1.21. The Kier molecular flexibility index (Phi) is 7.97. The number of nitrogens with one attached hydrogen (secondary N) is 1. The predicted octanol–water partition coefficient (Wildman–Crippen LogP) is 3.71. The summed E-state index contributed by atoms with van der Waals surface area (Å²) in [6.45, 7) is -0.543. The van der Waals surface area contributed by atoms with Gasteiger partial charge in [0.1, 0.15) is 6.54 Å². The number of sulfonamides is 1. The first-order chi connectivity index (χ1) is 16.2. The third-order valence-corrected chi connectivity index (χ3v) is 6.85. The third-order valence-electron chi connectivity index (χ3n) is 4.54. The normalized spacial score (nSPS) is 11.2. The number of methoxy groups -OCH3 is 1. The maximum atomic E-state index is 13.2. The van der Waals surface area contributed by atoms with Crippen molar-refractivity contribution in [3.05, 3.63) is 92.9 Å². The van der Waals surface area contributed by atoms with Crippen LogP contribution in [0.15, 0.2) is 87.3 Å². The van der Waals surface area contributed by atoms with Crippen molar-refractivity contribution >= 4 is 49.4 Å². The van der Waals surface area contributed by atoms with Crippen LogP contribution in [0.3, 0.4) is 0 Å². The second-order valence-electron chi connectivity index (χ2n) is 6.78. The maximum absolute atomic E-state index is 13.2. The number of benzene rings is 3. The van der Waals surface area contributed by atoms with E-state index in [0.29, 0.717) is 5.56 Å². The number of anilines is 1. The minimum atomic E-state index is -4.05. The topological polar surface area (TPSA) is 131 Å². The van der Waals surface area contributed by atoms with Crippen LogP contribution in [0.2, 0.25) is 0 Å². The molecule has 0 bridgehead atoms. The molecule has 0 saturated heterocycles. The van der Waals surface area contributed by atoms with Crippen LogP contribution in [0.1, 0.15) is 5.56 Å². The van der Waals surface area contributed by atoms with Crippen molar-refractivity contribution in [1.82, 2.24) is 5.43 Å². The van der Waals surface area contributed by atoms with Crippen molar-refractivity contribution < 1.29 is 22.9 Å². The van der Waals surface area contributed by atoms with Gasteiger partial charge in [-0.25, -0.2) is 13.8 Å². The Labute approximate surface area is 204 Å². The molecule has 0 fully saturated rings. The van der Waals surface area contributed by atoms with Gasteiger partial charge in [0.15, 0.2) is 5.75 Å². The molecule has 3 aromatic rings. The van der Waals surface area contributed by atoms with E-state index in [1.54, 1.807) is 42.5 Å². The molecule has 0 aromatic heterocycles. The molecule has 0 heterocycles. The van der Waals surface area contributed by atoms with E-state index < -0.39 is 27.4 Å². The number of hydrazone groups is 1. The molecular formula is C22H19BrN4O6S. The molecule has 176 valence electrons. The smallest absolute Gasteiger partial charge is 0.311 e. The van der Waals surface area contributed by atoms with Crippen LogP contribution in [-0.4, -0.2) is 39.1 Å². The highest BCUT2D eigenvalue weighted by molar-refractivity contribution is 9.10. The van der Waals surface area contributed by atoms with Gasteiger partial charge in [0, 0.05) is 16.1 Å². The van der Waals surface area contributed by atoms with Crippen LogP contribution in [0, 0.1) is 10.1 Å². The van der Waals surface area contributed by atoms with Crippen molar-refractivity contribution in [2.75, 3.05) is 18.0 Å². The number of carbonyl (C=O) groups excluding carboxylic acids is 1. The highest BCUT2D eigenvalue weighted by Gasteiger charge is 2.27. The van der Waals surface area contributed by atoms with Gasteiger partial charge in [0.2, 0.25) is 0 Å². The number of nitro benzene ring substituents is 1. The van der Waals surface area contributed by atoms with E-state index in [4.69, 9.17) is 4.74 Å². The molecule has 1 amide bonds. The van der Waals surface area contributed by atoms with E-state index in [1.165, 1.54) is 43.7 Å². The zero-order chi connectivity index (χ0) is 24.7. The molecule has 0 radical (unpaired) electrons. The second kappa shape index (κ2) is 10.9. The SMILES string of the molecule is COc1ccc(/C=N/NC(=O)CN(c2ccc(Br)cc2)S(=O)(=O)c2ccccc2)cc1[N+](=O)[O-]. The van der Waals surface area contributed by atoms with Crippen LogP contribution in [-0.2, 0) is 14.8 Å². The minimum Gasteiger partial charge on any atom is -0.490 e. The Morgan fingerprint density at radius 2 is 1.82 bits per heavy atom. The van der Waals surface area contributed by atoms with Crippen LogP contribution >= 0.6 is 15.9 Å². The Hall–Kier alpha value is -3.77. The molecule has 0 saturated carbocycles. The monoisotopic (exact) mass is 546 g/mol. The third kappa shape index (κ3) is 5.97. The van der Waals surface area contributed by atoms with Gasteiger partial charge in [0.05, 0.1) is 28.8 Å². The first-order valence-corrected chi connectivity index (χ1v) is 11.9. The highest BCUT2D eigenvalue weighted by atomic mass is 79.9. The second-order valence-corrected chi connectivity index (χ2v) is 9.56. The van der Waals surface area contributed by atoms with Crippen molar-refractivity contribution in [3.63, 3.8) is 0 Å². The van der Waals surface area contributed by atoms with Crippen molar-refractivity contribution in [2.45, 2.75) is 4.90 Å². The molecule has 12 heteroatoms. The molecule has 0 aliphatic heterocycles. The fraction of sp³-hybridized carbons (Fsp3) is 0.0909. The van der Waals surface area contributed by atoms with Gasteiger partial charge in [-0.05, 0) is 48.5 Å². The molecule has 3 rings (SSSR count). The molecule has 0 aliphatic carbocycles. The van der Waals surface area contributed by atoms with Gasteiger partial charge >= 0.3 is 5.69 Å². The largest absolute Gasteiger partial charge is 0.490 e. The summed E-state index contributed by atoms with van der Waals surface area (Å²) in [5, 5.41) is 14.9. The van der Waals surface area contributed by atoms with Gasteiger partial charge in [-0.15, -0.1) is 0 Å². The molecule has 34 heavy (non-hydrogen) atoms. The molecule has 0 spiro atoms. The summed E-state index contributed by atoms with van der Waals surface area (Å²) in [6, 6.07) is 18.4. The number of hydrogen-bond donors (Lipinski definition) is 1. The van der Waals surface area contributed by atoms with E-state index >= 15 is 0 Å². The number of nitrogens with zero attached hydrogens (tertiary/aromatic N) is 3. The summed E-state index contributed by atoms with van der Waals surface area (Å²) >= 11 is 3.30. The molecule has 1 N–H and O–H groups in total. The Morgan fingerprint density at radius 1 is 1.15 bits per heavy atom. The van der Waals surface area contributed by atoms with Gasteiger partial charge in [-0.1, -0.05) is 34.1 Å². The molecule has 10 nitrogen and oxygen atoms in total. The zero-order valence-corrected chi connectivity index (χ0v) is 20.2. The van der Waals surface area contributed by atoms with Crippen LogP contribution in [0.5, 0.6) is 5.75 Å². The lowest BCUT2D eigenvalue weighted by Crippen LogP contribution is -2.39. The van der Waals surface area contributed by atoms with E-state index in [9.17, 15) is 23.3 Å². The van der Waals surface area contributed by atoms with Crippen molar-refractivity contribution in [2.24, 2.45) is 5.10 Å². The number of nitro groups is 1. The van der Waals surface area contributed by atoms with Gasteiger partial charge < -0.3 is 4.74 Å². The van der Waals surface area contributed by atoms with E-state index in [0.717, 1.165) is 8.78 Å². The van der Waals surface area contributed by atoms with Crippen LogP contribution in [0.25, 0.3) is 0 Å². The summed E-state index contributed by atoms with van der Waals surface area (Å²) in [5.74, 6) is -0.621. The Balaban J connectivity index is 1.81. The minimum absolute atomic E-state index is 0.0276. The van der Waals surface area contributed by atoms with Gasteiger partial charge in [-0.2, -0.15) is 5.10 Å². The summed E-state index contributed by atoms with van der Waals surface area (Å²) in [5.41, 5.74) is 2.63. The van der Waals surface area contributed by atoms with Gasteiger partial charge in [0.25, 0.3) is 15.9 Å². The summed E-state index contributed by atoms with van der Waals surface area (Å²) in [7, 11) is -2.73. The number of ether oxygens (including phenoxy) is 1. The molecule has 0 unspecified atom stereocenters. The average molecular weight is 547 g/mol. The standard InChI is InChI=1S/C22H19BrN4O6S/c1-33-21-12-7-16(13-20(21)27(29)30)14-24-25-22(28)15-26(18-10-8-17(23)9-11-18)34(31,32)19-5-3-2-4-6-19/h2-14H,15H2,1H3,(H,25,28)/b24-14+. The first kappa shape index (κ1) is 24.9. The summed E-state index contributed by atoms with van der Waals surface area (Å²) < 4.78 is 33.1. The number of carbonyl (C=O) groups is 1. The molecule has 0 aliphatic rings. The van der Waals surface area contributed by atoms with E-state index in [-0.39, 0.29) is 22.0 Å². The molecular weight excluding hydrogens is 528 g/mol. The van der Waals surface area contributed by atoms with Crippen LogP contribution in [0.4, 0.5) is 11.4 Å². The van der Waals surface area contributed by atoms with Crippen molar-refractivity contribution in [1.29, 1.82) is 0 Å². The van der Waals surface area contributed by atoms with Crippen molar-refractivity contribution in [3.8, 4) is 5.75 Å². The van der Waals surface area contributed by atoms with Gasteiger partial charge in [-0.3, -0.25) is 19.2 Å². The lowest BCUT2D eigenvalue weighted by atomic mass is 10.2. The summed E-state index contributed by atoms with van der Waals surface area (Å²) in [4.78, 5) is 23.1. The zero-order valence-electron chi connectivity index (χ0n) is 17.8. The number of halogens is 1. The Morgan fingerprint density at radius 3 is 2.44 bits per heavy atom. The Bertz CT molecular complexity index is 1310. The lowest BCUT2D eigenvalue weighted by molar-refractivity contribution is -0.385. The first-order valence-electron chi connectivity index (χ1n) is 9.70. The van der Waals surface area contributed by atoms with E-state index in [2.05, 4.69) is 26.5 Å². The highest BCUT2D eigenvalue weighted by Crippen LogP contribution is 2.27. The van der Waals surface area contributed by atoms with Crippen LogP contribution < -0.4 is 14.5 Å². The fourth-order valence-corrected chi connectivity index (χ4v) is 4.62. The maximum Gasteiger partial charge on any atom is 0.311 e. The molecule has 0 atom stereocenters. The van der Waals surface area contributed by atoms with E-state index in [1.807, 2.05) is 0 Å². The predicted molar refractivity (Wildman–Crippen MR) is 131 cm³/mol. The number of amides is 1. The molecule has 3 aromatic carbocycles. The fourth-order valence-electron chi connectivity index (χ4n) is 2.92.